The van der Waals surface area contributed by atoms with Gasteiger partial charge in [0.1, 0.15) is 5.15 Å². The van der Waals surface area contributed by atoms with Gasteiger partial charge in [0, 0.05) is 6.07 Å². The molecule has 0 aliphatic carbocycles. The maximum absolute atomic E-state index is 12.5. The molecule has 0 spiro atoms. The van der Waals surface area contributed by atoms with E-state index >= 15 is 0 Å². The molecule has 0 saturated heterocycles. The molecule has 112 valence electrons. The van der Waals surface area contributed by atoms with E-state index in [0.717, 1.165) is 4.57 Å². The van der Waals surface area contributed by atoms with Gasteiger partial charge in [-0.25, -0.2) is 14.3 Å². The first-order valence-electron chi connectivity index (χ1n) is 6.59. The Morgan fingerprint density at radius 3 is 2.62 bits per heavy atom. The number of nitrogens with one attached hydrogen (secondary N) is 1. The quantitative estimate of drug-likeness (QED) is 0.877. The van der Waals surface area contributed by atoms with Gasteiger partial charge in [-0.05, 0) is 18.9 Å². The Labute approximate surface area is 126 Å². The molecule has 2 aromatic rings. The first-order valence-corrected chi connectivity index (χ1v) is 6.97. The number of aromatic nitrogens is 3. The van der Waals surface area contributed by atoms with E-state index in [9.17, 15) is 9.59 Å². The highest BCUT2D eigenvalue weighted by atomic mass is 35.5. The van der Waals surface area contributed by atoms with Gasteiger partial charge >= 0.3 is 5.69 Å². The summed E-state index contributed by atoms with van der Waals surface area (Å²) in [6, 6.07) is 3.21. The molecule has 0 aromatic carbocycles. The Balaban J connectivity index is 2.61. The number of hydrogen-bond acceptors (Lipinski definition) is 4. The summed E-state index contributed by atoms with van der Waals surface area (Å²) in [4.78, 5) is 31.0. The number of aromatic amines is 1. The van der Waals surface area contributed by atoms with Crippen molar-refractivity contribution >= 4 is 11.6 Å². The monoisotopic (exact) mass is 309 g/mol. The van der Waals surface area contributed by atoms with Crippen LogP contribution in [0.25, 0.3) is 5.69 Å². The highest BCUT2D eigenvalue weighted by Crippen LogP contribution is 2.17. The molecule has 7 heteroatoms. The molecule has 2 heterocycles. The van der Waals surface area contributed by atoms with E-state index in [0.29, 0.717) is 23.7 Å². The highest BCUT2D eigenvalue weighted by molar-refractivity contribution is 6.30. The van der Waals surface area contributed by atoms with Crippen molar-refractivity contribution in [2.75, 3.05) is 6.61 Å². The van der Waals surface area contributed by atoms with Crippen molar-refractivity contribution in [2.45, 2.75) is 26.7 Å². The number of halogens is 1. The van der Waals surface area contributed by atoms with E-state index < -0.39 is 11.2 Å². The fourth-order valence-corrected chi connectivity index (χ4v) is 2.38. The van der Waals surface area contributed by atoms with Crippen LogP contribution in [-0.2, 0) is 0 Å². The lowest BCUT2D eigenvalue weighted by molar-refractivity contribution is 0.327. The summed E-state index contributed by atoms with van der Waals surface area (Å²) in [5.74, 6) is 0.326. The minimum absolute atomic E-state index is 0.0788. The van der Waals surface area contributed by atoms with Crippen molar-refractivity contribution in [1.82, 2.24) is 14.5 Å². The van der Waals surface area contributed by atoms with Crippen LogP contribution in [0.1, 0.15) is 32.3 Å². The van der Waals surface area contributed by atoms with Crippen LogP contribution < -0.4 is 16.0 Å². The van der Waals surface area contributed by atoms with Gasteiger partial charge in [-0.1, -0.05) is 25.4 Å². The summed E-state index contributed by atoms with van der Waals surface area (Å²) in [7, 11) is 0. The predicted octanol–water partition coefficient (Wildman–Crippen LogP) is 2.10. The number of rotatable bonds is 4. The van der Waals surface area contributed by atoms with E-state index in [4.69, 9.17) is 16.3 Å². The van der Waals surface area contributed by atoms with Crippen LogP contribution in [0.4, 0.5) is 0 Å². The molecule has 0 aliphatic heterocycles. The molecule has 1 N–H and O–H groups in total. The number of ether oxygens (including phenoxy) is 1. The van der Waals surface area contributed by atoms with Crippen LogP contribution in [-0.4, -0.2) is 21.1 Å². The minimum atomic E-state index is -0.597. The van der Waals surface area contributed by atoms with E-state index in [2.05, 4.69) is 9.97 Å². The zero-order valence-electron chi connectivity index (χ0n) is 12.0. The Morgan fingerprint density at radius 2 is 2.10 bits per heavy atom. The fraction of sp³-hybridized carbons (Fsp3) is 0.357. The summed E-state index contributed by atoms with van der Waals surface area (Å²) in [5, 5.41) is 0.0788. The zero-order valence-corrected chi connectivity index (χ0v) is 12.8. The van der Waals surface area contributed by atoms with Crippen molar-refractivity contribution in [2.24, 2.45) is 0 Å². The standard InChI is InChI=1S/C14H16ClN3O3/c1-4-21-10-6-5-9(7-16-10)18-13(19)11(8(2)3)12(15)17-14(18)20/h5-8H,4H2,1-3H3,(H,17,20). The molecule has 0 saturated carbocycles. The SMILES string of the molecule is CCOc1ccc(-n2c(=O)[nH]c(Cl)c(C(C)C)c2=O)cn1. The lowest BCUT2D eigenvalue weighted by atomic mass is 10.1. The normalized spacial score (nSPS) is 10.9. The Hall–Kier alpha value is -2.08. The average molecular weight is 310 g/mol. The molecule has 0 amide bonds. The van der Waals surface area contributed by atoms with E-state index in [-0.39, 0.29) is 11.1 Å². The molecule has 6 nitrogen and oxygen atoms in total. The summed E-state index contributed by atoms with van der Waals surface area (Å²) < 4.78 is 6.25. The maximum Gasteiger partial charge on any atom is 0.334 e. The van der Waals surface area contributed by atoms with Crippen molar-refractivity contribution in [3.8, 4) is 11.6 Å². The predicted molar refractivity (Wildman–Crippen MR) is 80.7 cm³/mol. The summed E-state index contributed by atoms with van der Waals surface area (Å²) in [6.07, 6.45) is 1.42. The highest BCUT2D eigenvalue weighted by Gasteiger charge is 2.16. The second-order valence-corrected chi connectivity index (χ2v) is 5.12. The van der Waals surface area contributed by atoms with Crippen LogP contribution in [0.15, 0.2) is 27.9 Å². The Kier molecular flexibility index (Phi) is 4.47. The first kappa shape index (κ1) is 15.3. The van der Waals surface area contributed by atoms with Gasteiger partial charge in [0.2, 0.25) is 5.88 Å². The van der Waals surface area contributed by atoms with Gasteiger partial charge in [-0.2, -0.15) is 0 Å². The number of pyridine rings is 1. The topological polar surface area (TPSA) is 77.0 Å². The molecular formula is C14H16ClN3O3. The summed E-state index contributed by atoms with van der Waals surface area (Å²) >= 11 is 5.95. The van der Waals surface area contributed by atoms with Crippen LogP contribution >= 0.6 is 11.6 Å². The second-order valence-electron chi connectivity index (χ2n) is 4.74. The Morgan fingerprint density at radius 1 is 1.38 bits per heavy atom. The molecule has 0 aliphatic rings. The van der Waals surface area contributed by atoms with Crippen LogP contribution in [0.3, 0.4) is 0 Å². The molecule has 0 unspecified atom stereocenters. The minimum Gasteiger partial charge on any atom is -0.478 e. The van der Waals surface area contributed by atoms with Gasteiger partial charge in [-0.15, -0.1) is 0 Å². The van der Waals surface area contributed by atoms with Gasteiger partial charge in [0.25, 0.3) is 5.56 Å². The van der Waals surface area contributed by atoms with Crippen molar-refractivity contribution in [3.05, 3.63) is 49.9 Å². The van der Waals surface area contributed by atoms with Crippen molar-refractivity contribution < 1.29 is 4.74 Å². The largest absolute Gasteiger partial charge is 0.478 e. The number of H-pyrrole nitrogens is 1. The van der Waals surface area contributed by atoms with E-state index in [1.807, 2.05) is 20.8 Å². The molecule has 21 heavy (non-hydrogen) atoms. The third-order valence-corrected chi connectivity index (χ3v) is 3.24. The Bertz CT molecular complexity index is 748. The third kappa shape index (κ3) is 3.00. The van der Waals surface area contributed by atoms with Crippen molar-refractivity contribution in [1.29, 1.82) is 0 Å². The molecule has 0 bridgehead atoms. The van der Waals surface area contributed by atoms with Crippen LogP contribution in [0.5, 0.6) is 5.88 Å². The summed E-state index contributed by atoms with van der Waals surface area (Å²) in [6.45, 7) is 6.01. The lowest BCUT2D eigenvalue weighted by Gasteiger charge is -2.11. The zero-order chi connectivity index (χ0) is 15.6. The van der Waals surface area contributed by atoms with E-state index in [1.54, 1.807) is 12.1 Å². The van der Waals surface area contributed by atoms with Gasteiger partial charge in [0.15, 0.2) is 0 Å². The smallest absolute Gasteiger partial charge is 0.334 e. The van der Waals surface area contributed by atoms with Gasteiger partial charge in [0.05, 0.1) is 24.1 Å². The van der Waals surface area contributed by atoms with E-state index in [1.165, 1.54) is 6.20 Å². The number of nitrogens with zero attached hydrogens (tertiary/aromatic N) is 2. The average Bonchev–Trinajstić information content (AvgIpc) is 2.40. The molecule has 2 aromatic heterocycles. The molecule has 2 rings (SSSR count). The second kappa shape index (κ2) is 6.13. The van der Waals surface area contributed by atoms with Crippen LogP contribution in [0, 0.1) is 0 Å². The first-order chi connectivity index (χ1) is 9.95. The van der Waals surface area contributed by atoms with Crippen molar-refractivity contribution in [3.63, 3.8) is 0 Å². The number of hydrogen-bond donors (Lipinski definition) is 1. The lowest BCUT2D eigenvalue weighted by Crippen LogP contribution is -2.36. The fourth-order valence-electron chi connectivity index (χ4n) is 2.00. The maximum atomic E-state index is 12.5. The van der Waals surface area contributed by atoms with Crippen LogP contribution in [0.2, 0.25) is 5.15 Å². The van der Waals surface area contributed by atoms with Gasteiger partial charge in [-0.3, -0.25) is 9.78 Å². The molecule has 0 radical (unpaired) electrons. The van der Waals surface area contributed by atoms with Gasteiger partial charge < -0.3 is 4.74 Å². The molecule has 0 fully saturated rings. The summed E-state index contributed by atoms with van der Waals surface area (Å²) in [5.41, 5.74) is -0.307. The molecular weight excluding hydrogens is 294 g/mol. The third-order valence-electron chi connectivity index (χ3n) is 2.94. The molecule has 0 atom stereocenters.